The predicted octanol–water partition coefficient (Wildman–Crippen LogP) is 4.79. The summed E-state index contributed by atoms with van der Waals surface area (Å²) < 4.78 is 48.9. The molecule has 0 heterocycles. The average molecular weight is 311 g/mol. The van der Waals surface area contributed by atoms with Gasteiger partial charge in [-0.2, -0.15) is 13.2 Å². The second kappa shape index (κ2) is 6.17. The molecule has 2 aromatic carbocycles. The van der Waals surface area contributed by atoms with Crippen molar-refractivity contribution < 1.29 is 22.6 Å². The molecule has 0 aliphatic heterocycles. The Bertz CT molecular complexity index is 669. The first kappa shape index (κ1) is 16.0. The number of nitrogens with two attached hydrogens (primary N) is 1. The molecule has 0 saturated heterocycles. The van der Waals surface area contributed by atoms with E-state index in [4.69, 9.17) is 15.2 Å². The van der Waals surface area contributed by atoms with E-state index in [2.05, 4.69) is 0 Å². The average Bonchev–Trinajstić information content (AvgIpc) is 2.44. The molecule has 0 aromatic heterocycles. The second-order valence-corrected chi connectivity index (χ2v) is 4.71. The number of anilines is 1. The minimum Gasteiger partial charge on any atom is -0.492 e. The van der Waals surface area contributed by atoms with Crippen LogP contribution in [-0.2, 0) is 6.18 Å². The van der Waals surface area contributed by atoms with E-state index in [-0.39, 0.29) is 0 Å². The third kappa shape index (κ3) is 3.63. The quantitative estimate of drug-likeness (QED) is 0.826. The van der Waals surface area contributed by atoms with Crippen LogP contribution in [0.3, 0.4) is 0 Å². The van der Waals surface area contributed by atoms with Gasteiger partial charge in [-0.3, -0.25) is 0 Å². The molecule has 0 aliphatic carbocycles. The molecular weight excluding hydrogens is 295 g/mol. The number of ether oxygens (including phenoxy) is 2. The Morgan fingerprint density at radius 2 is 1.77 bits per heavy atom. The highest BCUT2D eigenvalue weighted by atomic mass is 19.4. The number of hydrogen-bond donors (Lipinski definition) is 1. The van der Waals surface area contributed by atoms with Crippen LogP contribution in [0, 0.1) is 6.92 Å². The lowest BCUT2D eigenvalue weighted by Gasteiger charge is -2.13. The van der Waals surface area contributed by atoms with Crippen molar-refractivity contribution >= 4 is 5.69 Å². The van der Waals surface area contributed by atoms with Gasteiger partial charge in [0.1, 0.15) is 17.2 Å². The van der Waals surface area contributed by atoms with Crippen LogP contribution in [0.2, 0.25) is 0 Å². The molecule has 0 radical (unpaired) electrons. The number of halogens is 3. The van der Waals surface area contributed by atoms with Crippen molar-refractivity contribution in [2.24, 2.45) is 0 Å². The Morgan fingerprint density at radius 1 is 1.05 bits per heavy atom. The van der Waals surface area contributed by atoms with Gasteiger partial charge in [0.05, 0.1) is 17.9 Å². The van der Waals surface area contributed by atoms with Crippen LogP contribution in [0.4, 0.5) is 18.9 Å². The number of hydrogen-bond acceptors (Lipinski definition) is 3. The van der Waals surface area contributed by atoms with Crippen LogP contribution >= 0.6 is 0 Å². The first-order valence-corrected chi connectivity index (χ1v) is 6.69. The lowest BCUT2D eigenvalue weighted by Crippen LogP contribution is -2.05. The van der Waals surface area contributed by atoms with Gasteiger partial charge >= 0.3 is 6.18 Å². The summed E-state index contributed by atoms with van der Waals surface area (Å²) in [6, 6.07) is 8.21. The minimum atomic E-state index is -4.37. The lowest BCUT2D eigenvalue weighted by atomic mass is 10.1. The fourth-order valence-corrected chi connectivity index (χ4v) is 1.93. The van der Waals surface area contributed by atoms with Gasteiger partial charge in [-0.25, -0.2) is 0 Å². The van der Waals surface area contributed by atoms with Gasteiger partial charge in [0.2, 0.25) is 0 Å². The van der Waals surface area contributed by atoms with E-state index in [1.165, 1.54) is 6.07 Å². The Morgan fingerprint density at radius 3 is 2.36 bits per heavy atom. The maximum absolute atomic E-state index is 12.6. The molecule has 2 rings (SSSR count). The van der Waals surface area contributed by atoms with Crippen molar-refractivity contribution in [2.45, 2.75) is 20.0 Å². The van der Waals surface area contributed by atoms with Crippen molar-refractivity contribution in [2.75, 3.05) is 12.3 Å². The van der Waals surface area contributed by atoms with E-state index in [9.17, 15) is 13.2 Å². The summed E-state index contributed by atoms with van der Waals surface area (Å²) in [4.78, 5) is 0. The lowest BCUT2D eigenvalue weighted by molar-refractivity contribution is -0.137. The molecule has 22 heavy (non-hydrogen) atoms. The smallest absolute Gasteiger partial charge is 0.416 e. The Hall–Kier alpha value is -2.37. The molecule has 0 fully saturated rings. The Kier molecular flexibility index (Phi) is 4.49. The van der Waals surface area contributed by atoms with E-state index in [1.807, 2.05) is 6.92 Å². The molecule has 0 amide bonds. The predicted molar refractivity (Wildman–Crippen MR) is 78.3 cm³/mol. The van der Waals surface area contributed by atoms with Crippen LogP contribution in [0.5, 0.6) is 17.2 Å². The molecule has 0 unspecified atom stereocenters. The zero-order valence-electron chi connectivity index (χ0n) is 12.2. The van der Waals surface area contributed by atoms with Gasteiger partial charge in [-0.15, -0.1) is 0 Å². The van der Waals surface area contributed by atoms with Gasteiger partial charge in [-0.1, -0.05) is 0 Å². The first-order chi connectivity index (χ1) is 10.3. The molecule has 0 spiro atoms. The van der Waals surface area contributed by atoms with Crippen LogP contribution in [-0.4, -0.2) is 6.61 Å². The summed E-state index contributed by atoms with van der Waals surface area (Å²) in [6.07, 6.45) is -4.37. The summed E-state index contributed by atoms with van der Waals surface area (Å²) in [7, 11) is 0. The number of aryl methyl sites for hydroxylation is 1. The zero-order chi connectivity index (χ0) is 16.3. The fourth-order valence-electron chi connectivity index (χ4n) is 1.93. The summed E-state index contributed by atoms with van der Waals surface area (Å²) in [5.74, 6) is 1.27. The van der Waals surface area contributed by atoms with Gasteiger partial charge < -0.3 is 15.2 Å². The second-order valence-electron chi connectivity index (χ2n) is 4.71. The maximum atomic E-state index is 12.6. The van der Waals surface area contributed by atoms with Crippen LogP contribution in [0.15, 0.2) is 36.4 Å². The fraction of sp³-hybridized carbons (Fsp3) is 0.250. The summed E-state index contributed by atoms with van der Waals surface area (Å²) in [6.45, 7) is 3.84. The normalized spacial score (nSPS) is 11.3. The van der Waals surface area contributed by atoms with E-state index >= 15 is 0 Å². The molecule has 2 aromatic rings. The van der Waals surface area contributed by atoms with Crippen molar-refractivity contribution in [1.82, 2.24) is 0 Å². The summed E-state index contributed by atoms with van der Waals surface area (Å²) in [5, 5.41) is 0. The van der Waals surface area contributed by atoms with E-state index in [1.54, 1.807) is 25.1 Å². The zero-order valence-corrected chi connectivity index (χ0v) is 12.2. The van der Waals surface area contributed by atoms with Crippen molar-refractivity contribution in [3.63, 3.8) is 0 Å². The highest BCUT2D eigenvalue weighted by Crippen LogP contribution is 2.35. The molecular formula is C16H16F3NO2. The Labute approximate surface area is 126 Å². The highest BCUT2D eigenvalue weighted by molar-refractivity contribution is 5.56. The van der Waals surface area contributed by atoms with Crippen molar-refractivity contribution in [1.29, 1.82) is 0 Å². The summed E-state index contributed by atoms with van der Waals surface area (Å²) in [5.41, 5.74) is 5.92. The SMILES string of the molecule is CCOc1cc(Oc2ccc(C(F)(F)F)cc2C)ccc1N. The van der Waals surface area contributed by atoms with E-state index < -0.39 is 11.7 Å². The minimum absolute atomic E-state index is 0.347. The molecule has 0 atom stereocenters. The maximum Gasteiger partial charge on any atom is 0.416 e. The number of benzene rings is 2. The van der Waals surface area contributed by atoms with E-state index in [0.29, 0.717) is 35.1 Å². The van der Waals surface area contributed by atoms with Crippen LogP contribution in [0.25, 0.3) is 0 Å². The molecule has 0 aliphatic rings. The third-order valence-corrected chi connectivity index (χ3v) is 3.01. The molecule has 0 bridgehead atoms. The summed E-state index contributed by atoms with van der Waals surface area (Å²) >= 11 is 0. The van der Waals surface area contributed by atoms with Crippen LogP contribution < -0.4 is 15.2 Å². The van der Waals surface area contributed by atoms with Gasteiger partial charge in [-0.05, 0) is 49.7 Å². The molecule has 2 N–H and O–H groups in total. The molecule has 118 valence electrons. The van der Waals surface area contributed by atoms with Crippen molar-refractivity contribution in [3.05, 3.63) is 47.5 Å². The number of nitrogen functional groups attached to an aromatic ring is 1. The van der Waals surface area contributed by atoms with Gasteiger partial charge in [0, 0.05) is 6.07 Å². The molecule has 6 heteroatoms. The Balaban J connectivity index is 2.26. The molecule has 3 nitrogen and oxygen atoms in total. The van der Waals surface area contributed by atoms with E-state index in [0.717, 1.165) is 12.1 Å². The van der Waals surface area contributed by atoms with Crippen molar-refractivity contribution in [3.8, 4) is 17.2 Å². The van der Waals surface area contributed by atoms with Crippen LogP contribution in [0.1, 0.15) is 18.1 Å². The monoisotopic (exact) mass is 311 g/mol. The standard InChI is InChI=1S/C16H16F3NO2/c1-3-21-15-9-12(5-6-13(15)20)22-14-7-4-11(8-10(14)2)16(17,18)19/h4-9H,3,20H2,1-2H3. The van der Waals surface area contributed by atoms with Gasteiger partial charge in [0.25, 0.3) is 0 Å². The number of rotatable bonds is 4. The first-order valence-electron chi connectivity index (χ1n) is 6.69. The topological polar surface area (TPSA) is 44.5 Å². The van der Waals surface area contributed by atoms with Gasteiger partial charge in [0.15, 0.2) is 0 Å². The highest BCUT2D eigenvalue weighted by Gasteiger charge is 2.30. The number of alkyl halides is 3. The third-order valence-electron chi connectivity index (χ3n) is 3.01. The molecule has 0 saturated carbocycles. The largest absolute Gasteiger partial charge is 0.492 e.